The van der Waals surface area contributed by atoms with Gasteiger partial charge in [-0.05, 0) is 11.5 Å². The molecule has 0 aromatic heterocycles. The topological polar surface area (TPSA) is 20.2 Å². The monoisotopic (exact) mass is 176 g/mol. The van der Waals surface area contributed by atoms with E-state index in [9.17, 15) is 5.11 Å². The number of hydrogen-bond donors (Lipinski definition) is 1. The van der Waals surface area contributed by atoms with Crippen LogP contribution in [0.1, 0.15) is 19.4 Å². The minimum atomic E-state index is -0.902. The van der Waals surface area contributed by atoms with Crippen LogP contribution in [0.4, 0.5) is 0 Å². The zero-order chi connectivity index (χ0) is 9.90. The van der Waals surface area contributed by atoms with E-state index in [0.29, 0.717) is 0 Å². The predicted molar refractivity (Wildman–Crippen MR) is 55.4 cm³/mol. The van der Waals surface area contributed by atoms with Gasteiger partial charge in [-0.1, -0.05) is 56.8 Å². The maximum Gasteiger partial charge on any atom is 0.110 e. The number of benzene rings is 1. The summed E-state index contributed by atoms with van der Waals surface area (Å²) in [5, 5.41) is 10.3. The fourth-order valence-corrected chi connectivity index (χ4v) is 1.39. The highest BCUT2D eigenvalue weighted by molar-refractivity contribution is 5.27. The van der Waals surface area contributed by atoms with Crippen molar-refractivity contribution in [2.24, 2.45) is 5.92 Å². The lowest BCUT2D eigenvalue weighted by Crippen LogP contribution is -2.29. The van der Waals surface area contributed by atoms with E-state index in [-0.39, 0.29) is 5.92 Å². The highest BCUT2D eigenvalue weighted by Crippen LogP contribution is 2.30. The first-order valence-electron chi connectivity index (χ1n) is 4.52. The van der Waals surface area contributed by atoms with Crippen LogP contribution in [-0.4, -0.2) is 5.11 Å². The third kappa shape index (κ3) is 1.81. The normalized spacial score (nSPS) is 15.4. The highest BCUT2D eigenvalue weighted by atomic mass is 16.3. The molecule has 0 aliphatic carbocycles. The van der Waals surface area contributed by atoms with Crippen LogP contribution in [0.25, 0.3) is 0 Å². The average Bonchev–Trinajstić information content (AvgIpc) is 2.17. The van der Waals surface area contributed by atoms with Crippen molar-refractivity contribution in [1.29, 1.82) is 0 Å². The van der Waals surface area contributed by atoms with E-state index in [1.54, 1.807) is 6.08 Å². The summed E-state index contributed by atoms with van der Waals surface area (Å²) in [7, 11) is 0. The molecule has 1 rings (SSSR count). The quantitative estimate of drug-likeness (QED) is 0.702. The van der Waals surface area contributed by atoms with E-state index in [1.807, 2.05) is 44.2 Å². The molecule has 0 heterocycles. The van der Waals surface area contributed by atoms with E-state index in [0.717, 1.165) is 5.56 Å². The van der Waals surface area contributed by atoms with Crippen molar-refractivity contribution in [2.45, 2.75) is 19.4 Å². The Bertz CT molecular complexity index is 276. The molecule has 1 aromatic carbocycles. The molecule has 1 heteroatoms. The summed E-state index contributed by atoms with van der Waals surface area (Å²) in [6.45, 7) is 7.64. The van der Waals surface area contributed by atoms with Gasteiger partial charge >= 0.3 is 0 Å². The average molecular weight is 176 g/mol. The summed E-state index contributed by atoms with van der Waals surface area (Å²) < 4.78 is 0. The lowest BCUT2D eigenvalue weighted by Gasteiger charge is -2.29. The van der Waals surface area contributed by atoms with Crippen molar-refractivity contribution in [3.8, 4) is 0 Å². The summed E-state index contributed by atoms with van der Waals surface area (Å²) in [6, 6.07) is 9.62. The first kappa shape index (κ1) is 10.0. The molecule has 1 nitrogen and oxygen atoms in total. The Morgan fingerprint density at radius 2 is 1.85 bits per heavy atom. The van der Waals surface area contributed by atoms with Gasteiger partial charge < -0.3 is 5.11 Å². The molecule has 13 heavy (non-hydrogen) atoms. The molecule has 0 spiro atoms. The van der Waals surface area contributed by atoms with Gasteiger partial charge in [0.15, 0.2) is 0 Å². The second-order valence-electron chi connectivity index (χ2n) is 3.55. The van der Waals surface area contributed by atoms with Crippen LogP contribution in [0.15, 0.2) is 43.0 Å². The Kier molecular flexibility index (Phi) is 2.89. The zero-order valence-corrected chi connectivity index (χ0v) is 8.20. The van der Waals surface area contributed by atoms with Crippen molar-refractivity contribution in [2.75, 3.05) is 0 Å². The number of rotatable bonds is 3. The second kappa shape index (κ2) is 3.75. The van der Waals surface area contributed by atoms with Gasteiger partial charge in [-0.25, -0.2) is 0 Å². The number of hydrogen-bond acceptors (Lipinski definition) is 1. The molecule has 1 atom stereocenters. The smallest absolute Gasteiger partial charge is 0.110 e. The standard InChI is InChI=1S/C12H16O/c1-4-12(13,10(2)3)11-8-6-5-7-9-11/h4-10,13H,1H2,2-3H3/t12-/m1/s1. The molecule has 0 bridgehead atoms. The van der Waals surface area contributed by atoms with Gasteiger partial charge in [0.05, 0.1) is 0 Å². The molecule has 70 valence electrons. The van der Waals surface area contributed by atoms with Gasteiger partial charge in [0.1, 0.15) is 5.60 Å². The molecule has 0 radical (unpaired) electrons. The van der Waals surface area contributed by atoms with Crippen molar-refractivity contribution in [3.63, 3.8) is 0 Å². The van der Waals surface area contributed by atoms with Crippen molar-refractivity contribution in [3.05, 3.63) is 48.6 Å². The maximum absolute atomic E-state index is 10.3. The molecule has 0 aliphatic heterocycles. The molecular formula is C12H16O. The molecule has 0 fully saturated rings. The van der Waals surface area contributed by atoms with Crippen LogP contribution < -0.4 is 0 Å². The van der Waals surface area contributed by atoms with Gasteiger partial charge in [-0.3, -0.25) is 0 Å². The van der Waals surface area contributed by atoms with E-state index >= 15 is 0 Å². The lowest BCUT2D eigenvalue weighted by molar-refractivity contribution is 0.0403. The van der Waals surface area contributed by atoms with E-state index in [1.165, 1.54) is 0 Å². The molecule has 0 aliphatic rings. The maximum atomic E-state index is 10.3. The molecule has 0 unspecified atom stereocenters. The molecule has 0 saturated carbocycles. The molecule has 0 amide bonds. The molecule has 0 saturated heterocycles. The van der Waals surface area contributed by atoms with E-state index in [2.05, 4.69) is 6.58 Å². The van der Waals surface area contributed by atoms with Crippen molar-refractivity contribution in [1.82, 2.24) is 0 Å². The first-order chi connectivity index (χ1) is 6.11. The van der Waals surface area contributed by atoms with Gasteiger partial charge in [0, 0.05) is 0 Å². The Morgan fingerprint density at radius 3 is 2.23 bits per heavy atom. The van der Waals surface area contributed by atoms with Crippen molar-refractivity contribution < 1.29 is 5.11 Å². The van der Waals surface area contributed by atoms with E-state index < -0.39 is 5.60 Å². The summed E-state index contributed by atoms with van der Waals surface area (Å²) in [5.74, 6) is 0.132. The molecule has 1 aromatic rings. The van der Waals surface area contributed by atoms with Gasteiger partial charge in [0.2, 0.25) is 0 Å². The fraction of sp³-hybridized carbons (Fsp3) is 0.333. The van der Waals surface area contributed by atoms with Crippen molar-refractivity contribution >= 4 is 0 Å². The largest absolute Gasteiger partial charge is 0.381 e. The first-order valence-corrected chi connectivity index (χ1v) is 4.52. The van der Waals surface area contributed by atoms with Crippen LogP contribution in [0.3, 0.4) is 0 Å². The minimum absolute atomic E-state index is 0.132. The Hall–Kier alpha value is -1.08. The minimum Gasteiger partial charge on any atom is -0.381 e. The van der Waals surface area contributed by atoms with Crippen LogP contribution in [0.2, 0.25) is 0 Å². The third-order valence-corrected chi connectivity index (χ3v) is 2.43. The summed E-state index contributed by atoms with van der Waals surface area (Å²) in [5.41, 5.74) is 0.00125. The summed E-state index contributed by atoms with van der Waals surface area (Å²) >= 11 is 0. The fourth-order valence-electron chi connectivity index (χ4n) is 1.39. The van der Waals surface area contributed by atoms with Gasteiger partial charge in [0.25, 0.3) is 0 Å². The Labute approximate surface area is 79.7 Å². The SMILES string of the molecule is C=C[C@](O)(c1ccccc1)C(C)C. The van der Waals surface area contributed by atoms with Crippen LogP contribution in [0, 0.1) is 5.92 Å². The highest BCUT2D eigenvalue weighted by Gasteiger charge is 2.28. The van der Waals surface area contributed by atoms with Gasteiger partial charge in [-0.2, -0.15) is 0 Å². The lowest BCUT2D eigenvalue weighted by atomic mass is 9.84. The third-order valence-electron chi connectivity index (χ3n) is 2.43. The Morgan fingerprint density at radius 1 is 1.31 bits per heavy atom. The zero-order valence-electron chi connectivity index (χ0n) is 8.20. The van der Waals surface area contributed by atoms with Crippen LogP contribution >= 0.6 is 0 Å². The van der Waals surface area contributed by atoms with Crippen LogP contribution in [0.5, 0.6) is 0 Å². The predicted octanol–water partition coefficient (Wildman–Crippen LogP) is 2.72. The summed E-state index contributed by atoms with van der Waals surface area (Å²) in [4.78, 5) is 0. The molecule has 1 N–H and O–H groups in total. The van der Waals surface area contributed by atoms with Gasteiger partial charge in [-0.15, -0.1) is 0 Å². The Balaban J connectivity index is 3.10. The van der Waals surface area contributed by atoms with Crippen LogP contribution in [-0.2, 0) is 5.60 Å². The second-order valence-corrected chi connectivity index (χ2v) is 3.55. The summed E-state index contributed by atoms with van der Waals surface area (Å²) in [6.07, 6.45) is 1.60. The molecular weight excluding hydrogens is 160 g/mol. The number of aliphatic hydroxyl groups is 1. The van der Waals surface area contributed by atoms with E-state index in [4.69, 9.17) is 0 Å².